The van der Waals surface area contributed by atoms with Crippen molar-refractivity contribution in [1.29, 1.82) is 0 Å². The second-order valence-corrected chi connectivity index (χ2v) is 10.6. The molecule has 2 heterocycles. The zero-order valence-electron chi connectivity index (χ0n) is 13.4. The van der Waals surface area contributed by atoms with Gasteiger partial charge in [-0.3, -0.25) is 4.79 Å². The number of nitrogens with zero attached hydrogens (tertiary/aromatic N) is 1. The van der Waals surface area contributed by atoms with Crippen molar-refractivity contribution in [2.75, 3.05) is 37.8 Å². The van der Waals surface area contributed by atoms with Crippen LogP contribution in [0.3, 0.4) is 0 Å². The number of hydrogen-bond acceptors (Lipinski definition) is 6. The number of carbonyl (C=O) groups is 1. The van der Waals surface area contributed by atoms with Crippen molar-refractivity contribution in [1.82, 2.24) is 4.90 Å². The lowest BCUT2D eigenvalue weighted by Gasteiger charge is -2.27. The summed E-state index contributed by atoms with van der Waals surface area (Å²) in [7, 11) is -7.34. The van der Waals surface area contributed by atoms with Crippen molar-refractivity contribution in [2.45, 2.75) is 16.6 Å². The molecule has 0 N–H and O–H groups in total. The molecule has 138 valence electrons. The molecule has 0 spiro atoms. The first-order chi connectivity index (χ1) is 11.7. The van der Waals surface area contributed by atoms with Crippen LogP contribution < -0.4 is 0 Å². The third-order valence-electron chi connectivity index (χ3n) is 4.42. The van der Waals surface area contributed by atoms with E-state index in [9.17, 15) is 26.0 Å². The highest BCUT2D eigenvalue weighted by Crippen LogP contribution is 2.27. The second kappa shape index (κ2) is 6.65. The molecule has 2 aliphatic rings. The Balaban J connectivity index is 1.92. The van der Waals surface area contributed by atoms with Gasteiger partial charge in [0.05, 0.1) is 40.4 Å². The van der Waals surface area contributed by atoms with Crippen molar-refractivity contribution in [3.05, 3.63) is 29.6 Å². The van der Waals surface area contributed by atoms with E-state index in [0.29, 0.717) is 26.3 Å². The maximum Gasteiger partial charge on any atom is 0.257 e. The van der Waals surface area contributed by atoms with E-state index >= 15 is 0 Å². The lowest BCUT2D eigenvalue weighted by atomic mass is 10.2. The fraction of sp³-hybridized carbons (Fsp3) is 0.533. The molecular formula is C15H18FNO6S2. The molecular weight excluding hydrogens is 373 g/mol. The molecule has 25 heavy (non-hydrogen) atoms. The van der Waals surface area contributed by atoms with Crippen molar-refractivity contribution in [2.24, 2.45) is 0 Å². The Bertz CT molecular complexity index is 891. The Labute approximate surface area is 145 Å². The largest absolute Gasteiger partial charge is 0.378 e. The smallest absolute Gasteiger partial charge is 0.257 e. The normalized spacial score (nSPS) is 23.6. The minimum atomic E-state index is -3.95. The zero-order valence-corrected chi connectivity index (χ0v) is 15.0. The number of amides is 1. The number of ether oxygens (including phenoxy) is 1. The second-order valence-electron chi connectivity index (χ2n) is 6.12. The summed E-state index contributed by atoms with van der Waals surface area (Å²) in [5.41, 5.74) is -0.330. The van der Waals surface area contributed by atoms with E-state index in [-0.39, 0.29) is 22.6 Å². The molecule has 1 amide bonds. The first-order valence-corrected chi connectivity index (χ1v) is 11.2. The van der Waals surface area contributed by atoms with Crippen LogP contribution in [-0.2, 0) is 24.4 Å². The molecule has 2 fully saturated rings. The first kappa shape index (κ1) is 18.3. The van der Waals surface area contributed by atoms with Gasteiger partial charge in [-0.15, -0.1) is 0 Å². The highest BCUT2D eigenvalue weighted by atomic mass is 32.2. The number of halogens is 1. The van der Waals surface area contributed by atoms with E-state index in [0.717, 1.165) is 18.2 Å². The maximum atomic E-state index is 14.1. The SMILES string of the molecule is O=C(c1cc(S(=O)(=O)[C@H]2CCS(=O)(=O)C2)ccc1F)N1CCOCC1. The summed E-state index contributed by atoms with van der Waals surface area (Å²) in [4.78, 5) is 13.6. The third kappa shape index (κ3) is 3.70. The number of hydrogen-bond donors (Lipinski definition) is 0. The van der Waals surface area contributed by atoms with Gasteiger partial charge in [0.1, 0.15) is 5.82 Å². The van der Waals surface area contributed by atoms with Crippen molar-refractivity contribution < 1.29 is 30.8 Å². The number of morpholine rings is 1. The van der Waals surface area contributed by atoms with Crippen molar-refractivity contribution in [3.8, 4) is 0 Å². The Morgan fingerprint density at radius 2 is 1.92 bits per heavy atom. The topological polar surface area (TPSA) is 97.8 Å². The standard InChI is InChI=1S/C15H18FNO6S2/c16-14-2-1-11(25(21,22)12-3-8-24(19,20)10-12)9-13(14)15(18)17-4-6-23-7-5-17/h1-2,9,12H,3-8,10H2/t12-/m0/s1. The Kier molecular flexibility index (Phi) is 4.86. The van der Waals surface area contributed by atoms with E-state index in [1.165, 1.54) is 4.90 Å². The van der Waals surface area contributed by atoms with Crippen molar-refractivity contribution >= 4 is 25.6 Å². The molecule has 2 saturated heterocycles. The van der Waals surface area contributed by atoms with Crippen LogP contribution in [0, 0.1) is 5.82 Å². The summed E-state index contributed by atoms with van der Waals surface area (Å²) in [5.74, 6) is -2.04. The molecule has 0 aliphatic carbocycles. The quantitative estimate of drug-likeness (QED) is 0.686. The van der Waals surface area contributed by atoms with Crippen LogP contribution in [0.5, 0.6) is 0 Å². The number of carbonyl (C=O) groups excluding carboxylic acids is 1. The fourth-order valence-corrected chi connectivity index (χ4v) is 7.36. The van der Waals surface area contributed by atoms with Gasteiger partial charge in [0, 0.05) is 13.1 Å². The molecule has 0 bridgehead atoms. The average Bonchev–Trinajstić information content (AvgIpc) is 2.96. The Hall–Kier alpha value is -1.52. The van der Waals surface area contributed by atoms with Gasteiger partial charge in [-0.25, -0.2) is 21.2 Å². The van der Waals surface area contributed by atoms with Crippen LogP contribution in [-0.4, -0.2) is 70.7 Å². The molecule has 0 aromatic heterocycles. The van der Waals surface area contributed by atoms with Crippen LogP contribution >= 0.6 is 0 Å². The van der Waals surface area contributed by atoms with Gasteiger partial charge in [-0.1, -0.05) is 0 Å². The van der Waals surface area contributed by atoms with E-state index in [1.54, 1.807) is 0 Å². The molecule has 0 unspecified atom stereocenters. The Morgan fingerprint density at radius 3 is 2.52 bits per heavy atom. The van der Waals surface area contributed by atoms with Gasteiger partial charge < -0.3 is 9.64 Å². The molecule has 1 aromatic carbocycles. The van der Waals surface area contributed by atoms with E-state index < -0.39 is 42.4 Å². The van der Waals surface area contributed by atoms with Gasteiger partial charge >= 0.3 is 0 Å². The maximum absolute atomic E-state index is 14.1. The third-order valence-corrected chi connectivity index (χ3v) is 8.59. The predicted octanol–water partition coefficient (Wildman–Crippen LogP) is 0.259. The van der Waals surface area contributed by atoms with E-state index in [1.807, 2.05) is 0 Å². The Morgan fingerprint density at radius 1 is 1.24 bits per heavy atom. The minimum Gasteiger partial charge on any atom is -0.378 e. The number of sulfone groups is 2. The molecule has 0 saturated carbocycles. The summed E-state index contributed by atoms with van der Waals surface area (Å²) < 4.78 is 67.7. The first-order valence-electron chi connectivity index (χ1n) is 7.81. The van der Waals surface area contributed by atoms with E-state index in [2.05, 4.69) is 0 Å². The van der Waals surface area contributed by atoms with Gasteiger partial charge in [0.15, 0.2) is 19.7 Å². The number of benzene rings is 1. The molecule has 2 aliphatic heterocycles. The lowest BCUT2D eigenvalue weighted by Crippen LogP contribution is -2.41. The van der Waals surface area contributed by atoms with Gasteiger partial charge in [0.25, 0.3) is 5.91 Å². The van der Waals surface area contributed by atoms with Gasteiger partial charge in [-0.05, 0) is 24.6 Å². The molecule has 1 atom stereocenters. The lowest BCUT2D eigenvalue weighted by molar-refractivity contribution is 0.0299. The summed E-state index contributed by atoms with van der Waals surface area (Å²) >= 11 is 0. The van der Waals surface area contributed by atoms with Gasteiger partial charge in [0.2, 0.25) is 0 Å². The molecule has 0 radical (unpaired) electrons. The predicted molar refractivity (Wildman–Crippen MR) is 87.4 cm³/mol. The van der Waals surface area contributed by atoms with Crippen LogP contribution in [0.2, 0.25) is 0 Å². The van der Waals surface area contributed by atoms with Crippen LogP contribution in [0.15, 0.2) is 23.1 Å². The van der Waals surface area contributed by atoms with Gasteiger partial charge in [-0.2, -0.15) is 0 Å². The highest BCUT2D eigenvalue weighted by molar-refractivity contribution is 7.96. The van der Waals surface area contributed by atoms with Crippen LogP contribution in [0.1, 0.15) is 16.8 Å². The van der Waals surface area contributed by atoms with Crippen LogP contribution in [0.25, 0.3) is 0 Å². The molecule has 1 aromatic rings. The van der Waals surface area contributed by atoms with E-state index in [4.69, 9.17) is 4.74 Å². The van der Waals surface area contributed by atoms with Crippen LogP contribution in [0.4, 0.5) is 4.39 Å². The average molecular weight is 391 g/mol. The summed E-state index contributed by atoms with van der Waals surface area (Å²) in [6.07, 6.45) is 0.00872. The summed E-state index contributed by atoms with van der Waals surface area (Å²) in [5, 5.41) is -1.06. The summed E-state index contributed by atoms with van der Waals surface area (Å²) in [6.45, 7) is 1.28. The molecule has 3 rings (SSSR count). The number of rotatable bonds is 3. The minimum absolute atomic E-state index is 0.00872. The zero-order chi connectivity index (χ0) is 18.2. The molecule has 10 heteroatoms. The van der Waals surface area contributed by atoms with Crippen molar-refractivity contribution in [3.63, 3.8) is 0 Å². The highest BCUT2D eigenvalue weighted by Gasteiger charge is 2.38. The fourth-order valence-electron chi connectivity index (χ4n) is 2.98. The molecule has 7 nitrogen and oxygen atoms in total. The monoisotopic (exact) mass is 391 g/mol. The summed E-state index contributed by atoms with van der Waals surface area (Å²) in [6, 6.07) is 3.02.